The first-order valence-corrected chi connectivity index (χ1v) is 16.1. The second-order valence-corrected chi connectivity index (χ2v) is 11.2. The molecule has 0 fully saturated rings. The Kier molecular flexibility index (Phi) is 19.3. The molecule has 0 aliphatic rings. The smallest absolute Gasteiger partial charge is 0.236 e. The Labute approximate surface area is 226 Å². The summed E-state index contributed by atoms with van der Waals surface area (Å²) in [5.41, 5.74) is 1.82. The molecule has 0 saturated heterocycles. The van der Waals surface area contributed by atoms with E-state index in [1.54, 1.807) is 10.6 Å². The van der Waals surface area contributed by atoms with Gasteiger partial charge in [0.25, 0.3) is 0 Å². The van der Waals surface area contributed by atoms with Crippen molar-refractivity contribution >= 4 is 43.9 Å². The van der Waals surface area contributed by atoms with Gasteiger partial charge in [0.1, 0.15) is 11.5 Å². The molecule has 2 aromatic rings. The summed E-state index contributed by atoms with van der Waals surface area (Å²) in [6.07, 6.45) is 11.8. The van der Waals surface area contributed by atoms with Gasteiger partial charge in [-0.25, -0.2) is 0 Å². The van der Waals surface area contributed by atoms with Gasteiger partial charge in [-0.1, -0.05) is 75.8 Å². The van der Waals surface area contributed by atoms with Crippen LogP contribution in [-0.2, 0) is 0 Å². The Hall–Kier alpha value is -1.74. The van der Waals surface area contributed by atoms with Crippen LogP contribution in [0.3, 0.4) is 0 Å². The predicted octanol–water partition coefficient (Wildman–Crippen LogP) is 8.71. The Morgan fingerprint density at radius 2 is 1.03 bits per heavy atom. The minimum Gasteiger partial charge on any atom is -0.494 e. The SMILES string of the molecule is CCCCC[CH2][AlH][CH2]CCCCC.CCOc1ccc(NC(=S)Nc2ccc(OCC)cc2)cc1. The van der Waals surface area contributed by atoms with Crippen LogP contribution >= 0.6 is 12.2 Å². The zero-order valence-electron chi connectivity index (χ0n) is 22.5. The normalized spacial score (nSPS) is 10.1. The van der Waals surface area contributed by atoms with E-state index in [-0.39, 0.29) is 0 Å². The van der Waals surface area contributed by atoms with Crippen molar-refractivity contribution in [2.45, 2.75) is 89.6 Å². The van der Waals surface area contributed by atoms with Crippen LogP contribution in [-0.4, -0.2) is 33.5 Å². The lowest BCUT2D eigenvalue weighted by atomic mass is 10.2. The minimum atomic E-state index is 0.355. The van der Waals surface area contributed by atoms with Crippen LogP contribution in [0.4, 0.5) is 11.4 Å². The molecule has 0 heterocycles. The van der Waals surface area contributed by atoms with E-state index in [9.17, 15) is 0 Å². The molecule has 6 heteroatoms. The second kappa shape index (κ2) is 21.5. The van der Waals surface area contributed by atoms with Gasteiger partial charge >= 0.3 is 0 Å². The average Bonchev–Trinajstić information content (AvgIpc) is 2.86. The fraction of sp³-hybridized carbons (Fsp3) is 0.552. The summed E-state index contributed by atoms with van der Waals surface area (Å²) in [4.78, 5) is 0. The highest BCUT2D eigenvalue weighted by molar-refractivity contribution is 7.80. The Morgan fingerprint density at radius 1 is 0.629 bits per heavy atom. The zero-order chi connectivity index (χ0) is 25.6. The van der Waals surface area contributed by atoms with Crippen molar-refractivity contribution in [1.29, 1.82) is 0 Å². The Balaban J connectivity index is 0.000000405. The third-order valence-corrected chi connectivity index (χ3v) is 7.76. The lowest BCUT2D eigenvalue weighted by molar-refractivity contribution is 0.340. The van der Waals surface area contributed by atoms with Gasteiger partial charge in [-0.2, -0.15) is 0 Å². The van der Waals surface area contributed by atoms with Crippen molar-refractivity contribution in [3.8, 4) is 11.5 Å². The van der Waals surface area contributed by atoms with E-state index in [0.29, 0.717) is 33.5 Å². The van der Waals surface area contributed by atoms with Crippen LogP contribution in [0.2, 0.25) is 10.6 Å². The first-order valence-electron chi connectivity index (χ1n) is 13.7. The molecular formula is C29H47AlN2O2S. The number of ether oxygens (including phenoxy) is 2. The lowest BCUT2D eigenvalue weighted by Gasteiger charge is -2.12. The van der Waals surface area contributed by atoms with Crippen LogP contribution in [0.1, 0.15) is 79.1 Å². The first-order chi connectivity index (χ1) is 17.1. The molecule has 0 amide bonds. The fourth-order valence-corrected chi connectivity index (χ4v) is 5.64. The quantitative estimate of drug-likeness (QED) is 0.133. The molecule has 0 aliphatic carbocycles. The molecule has 35 heavy (non-hydrogen) atoms. The number of benzene rings is 2. The molecule has 0 saturated carbocycles. The average molecular weight is 515 g/mol. The van der Waals surface area contributed by atoms with E-state index < -0.39 is 0 Å². The fourth-order valence-electron chi connectivity index (χ4n) is 3.63. The third-order valence-electron chi connectivity index (χ3n) is 5.55. The topological polar surface area (TPSA) is 42.5 Å². The van der Waals surface area contributed by atoms with Gasteiger partial charge < -0.3 is 20.1 Å². The molecule has 0 atom stereocenters. The van der Waals surface area contributed by atoms with E-state index in [2.05, 4.69) is 24.5 Å². The van der Waals surface area contributed by atoms with E-state index in [1.165, 1.54) is 51.4 Å². The van der Waals surface area contributed by atoms with Gasteiger partial charge in [0.15, 0.2) is 5.11 Å². The molecule has 0 radical (unpaired) electrons. The van der Waals surface area contributed by atoms with Gasteiger partial charge in [0, 0.05) is 11.4 Å². The molecule has 0 bridgehead atoms. The third kappa shape index (κ3) is 16.5. The summed E-state index contributed by atoms with van der Waals surface area (Å²) >= 11 is 5.66. The summed E-state index contributed by atoms with van der Waals surface area (Å²) in [5.74, 6) is 1.69. The first kappa shape index (κ1) is 31.3. The zero-order valence-corrected chi connectivity index (χ0v) is 24.8. The Morgan fingerprint density at radius 3 is 1.37 bits per heavy atom. The van der Waals surface area contributed by atoms with Crippen molar-refractivity contribution in [3.63, 3.8) is 0 Å². The van der Waals surface area contributed by atoms with E-state index in [0.717, 1.165) is 22.9 Å². The second-order valence-electron chi connectivity index (χ2n) is 8.68. The van der Waals surface area contributed by atoms with Crippen LogP contribution < -0.4 is 20.1 Å². The highest BCUT2D eigenvalue weighted by atomic mass is 32.1. The minimum absolute atomic E-state index is 0.355. The maximum Gasteiger partial charge on any atom is 0.236 e. The molecule has 0 aromatic heterocycles. The number of hydrogen-bond acceptors (Lipinski definition) is 3. The number of rotatable bonds is 16. The van der Waals surface area contributed by atoms with Crippen LogP contribution in [0.25, 0.3) is 0 Å². The van der Waals surface area contributed by atoms with Crippen LogP contribution in [0, 0.1) is 0 Å². The van der Waals surface area contributed by atoms with Gasteiger partial charge in [0.05, 0.1) is 13.2 Å². The summed E-state index contributed by atoms with van der Waals surface area (Å²) in [6.45, 7) is 9.82. The highest BCUT2D eigenvalue weighted by Gasteiger charge is 2.01. The molecule has 2 aromatic carbocycles. The largest absolute Gasteiger partial charge is 0.494 e. The monoisotopic (exact) mass is 514 g/mol. The van der Waals surface area contributed by atoms with Gasteiger partial charge in [-0.3, -0.25) is 0 Å². The van der Waals surface area contributed by atoms with Crippen molar-refractivity contribution < 1.29 is 9.47 Å². The molecular weight excluding hydrogens is 467 g/mol. The molecule has 0 aliphatic heterocycles. The summed E-state index contributed by atoms with van der Waals surface area (Å²) in [5, 5.41) is 10.0. The van der Waals surface area contributed by atoms with Gasteiger partial charge in [-0.15, -0.1) is 0 Å². The number of hydrogen-bond donors (Lipinski definition) is 2. The number of thiocarbonyl (C=S) groups is 1. The Bertz CT molecular complexity index is 706. The number of unbranched alkanes of at least 4 members (excludes halogenated alkanes) is 6. The molecule has 0 unspecified atom stereocenters. The molecule has 2 N–H and O–H groups in total. The molecule has 194 valence electrons. The van der Waals surface area contributed by atoms with Crippen molar-refractivity contribution in [1.82, 2.24) is 0 Å². The standard InChI is InChI=1S/C17H20N2O2S.2C6H13.Al.H/c1-3-20-15-9-5-13(6-10-15)18-17(22)19-14-7-11-16(12-8-14)21-4-2;2*1-3-5-6-4-2;;/h5-12H,3-4H2,1-2H3,(H2,18,19,22);2*1,3-6H2,2H3;;. The summed E-state index contributed by atoms with van der Waals surface area (Å²) in [6, 6.07) is 15.3. The number of anilines is 2. The lowest BCUT2D eigenvalue weighted by Crippen LogP contribution is -2.18. The van der Waals surface area contributed by atoms with Crippen molar-refractivity contribution in [2.24, 2.45) is 0 Å². The predicted molar refractivity (Wildman–Crippen MR) is 160 cm³/mol. The van der Waals surface area contributed by atoms with Gasteiger partial charge in [-0.05, 0) is 74.6 Å². The van der Waals surface area contributed by atoms with E-state index >= 15 is 0 Å². The summed E-state index contributed by atoms with van der Waals surface area (Å²) in [7, 11) is 0. The maximum atomic E-state index is 5.40. The van der Waals surface area contributed by atoms with E-state index in [1.807, 2.05) is 62.4 Å². The number of nitrogens with one attached hydrogen (secondary N) is 2. The molecule has 0 spiro atoms. The van der Waals surface area contributed by atoms with E-state index in [4.69, 9.17) is 21.7 Å². The van der Waals surface area contributed by atoms with Crippen molar-refractivity contribution in [3.05, 3.63) is 48.5 Å². The van der Waals surface area contributed by atoms with Gasteiger partial charge in [0.2, 0.25) is 15.2 Å². The molecule has 4 nitrogen and oxygen atoms in total. The molecule has 2 rings (SSSR count). The summed E-state index contributed by atoms with van der Waals surface area (Å²) < 4.78 is 10.8. The highest BCUT2D eigenvalue weighted by Crippen LogP contribution is 2.18. The van der Waals surface area contributed by atoms with Crippen LogP contribution in [0.5, 0.6) is 11.5 Å². The van der Waals surface area contributed by atoms with Crippen LogP contribution in [0.15, 0.2) is 48.5 Å². The van der Waals surface area contributed by atoms with Crippen molar-refractivity contribution in [2.75, 3.05) is 23.8 Å². The maximum absolute atomic E-state index is 5.40.